The highest BCUT2D eigenvalue weighted by Gasteiger charge is 2.27. The summed E-state index contributed by atoms with van der Waals surface area (Å²) >= 11 is 0. The summed E-state index contributed by atoms with van der Waals surface area (Å²) in [5.41, 5.74) is 17.3. The molecule has 0 unspecified atom stereocenters. The highest BCUT2D eigenvalue weighted by Crippen LogP contribution is 2.46. The van der Waals surface area contributed by atoms with E-state index in [4.69, 9.17) is 0 Å². The topological polar surface area (TPSA) is 67.3 Å². The van der Waals surface area contributed by atoms with Crippen molar-refractivity contribution in [2.45, 2.75) is 19.8 Å². The molecule has 160 valence electrons. The Bertz CT molecular complexity index is 1180. The van der Waals surface area contributed by atoms with Crippen LogP contribution >= 0.6 is 0 Å². The molecule has 2 aliphatic rings. The van der Waals surface area contributed by atoms with Crippen molar-refractivity contribution in [2.24, 2.45) is 11.7 Å². The van der Waals surface area contributed by atoms with E-state index in [1.54, 1.807) is 0 Å². The molecule has 0 amide bonds. The number of fused-ring (bicyclic) bond motifs is 6. The quantitative estimate of drug-likeness (QED) is 0.267. The second-order valence-electron chi connectivity index (χ2n) is 8.12. The number of nitrogens with two attached hydrogens (primary N) is 2. The molecule has 0 radical (unpaired) electrons. The summed E-state index contributed by atoms with van der Waals surface area (Å²) in [6.07, 6.45) is 1.97. The van der Waals surface area contributed by atoms with E-state index in [1.807, 2.05) is 0 Å². The SMILES string of the molecule is CCNN(c1cccc2c1Cc1ccccc1-2)c1cccc2c1Cc1ccccc1-2.NN. The van der Waals surface area contributed by atoms with Crippen molar-refractivity contribution in [3.8, 4) is 22.3 Å². The molecule has 0 saturated heterocycles. The third-order valence-corrected chi connectivity index (χ3v) is 6.45. The Balaban J connectivity index is 0.00000105. The number of hydrazine groups is 2. The van der Waals surface area contributed by atoms with Crippen molar-refractivity contribution in [3.63, 3.8) is 0 Å². The molecular formula is C28H28N4. The highest BCUT2D eigenvalue weighted by molar-refractivity contribution is 5.87. The standard InChI is InChI=1S/C28H24N2.H4N2/c1-2-29-30(27-15-7-13-23-21-11-5-3-9-19(21)17-25(23)27)28-16-8-14-24-22-12-6-4-10-20(22)18-26(24)28;1-2/h3-16,29H,2,17-18H2,1H3;1-2H2. The summed E-state index contributed by atoms with van der Waals surface area (Å²) in [5.74, 6) is 8.00. The number of benzene rings is 4. The Morgan fingerprint density at radius 1 is 0.625 bits per heavy atom. The van der Waals surface area contributed by atoms with E-state index in [0.29, 0.717) is 0 Å². The second kappa shape index (κ2) is 8.60. The van der Waals surface area contributed by atoms with Crippen LogP contribution in [0, 0.1) is 0 Å². The fraction of sp³-hybridized carbons (Fsp3) is 0.143. The van der Waals surface area contributed by atoms with Gasteiger partial charge in [-0.3, -0.25) is 16.7 Å². The van der Waals surface area contributed by atoms with E-state index in [2.05, 4.69) is 114 Å². The third kappa shape index (κ3) is 3.21. The van der Waals surface area contributed by atoms with Gasteiger partial charge in [0.2, 0.25) is 0 Å². The van der Waals surface area contributed by atoms with E-state index >= 15 is 0 Å². The Morgan fingerprint density at radius 2 is 1.06 bits per heavy atom. The van der Waals surface area contributed by atoms with Crippen molar-refractivity contribution in [1.29, 1.82) is 0 Å². The monoisotopic (exact) mass is 420 g/mol. The first kappa shape index (κ1) is 20.5. The first-order chi connectivity index (χ1) is 15.8. The Morgan fingerprint density at radius 3 is 1.53 bits per heavy atom. The average molecular weight is 421 g/mol. The number of anilines is 2. The van der Waals surface area contributed by atoms with Crippen LogP contribution in [0.3, 0.4) is 0 Å². The molecule has 0 aliphatic heterocycles. The average Bonchev–Trinajstić information content (AvgIpc) is 3.42. The molecule has 4 nitrogen and oxygen atoms in total. The molecule has 0 fully saturated rings. The van der Waals surface area contributed by atoms with Crippen LogP contribution in [-0.4, -0.2) is 6.54 Å². The molecule has 0 spiro atoms. The second-order valence-corrected chi connectivity index (χ2v) is 8.12. The van der Waals surface area contributed by atoms with Gasteiger partial charge in [0.05, 0.1) is 11.4 Å². The molecule has 0 heterocycles. The van der Waals surface area contributed by atoms with E-state index in [-0.39, 0.29) is 0 Å². The van der Waals surface area contributed by atoms with E-state index in [9.17, 15) is 0 Å². The third-order valence-electron chi connectivity index (χ3n) is 6.45. The Hall–Kier alpha value is -3.44. The highest BCUT2D eigenvalue weighted by atomic mass is 15.5. The number of nitrogens with one attached hydrogen (secondary N) is 1. The van der Waals surface area contributed by atoms with Gasteiger partial charge in [-0.2, -0.15) is 0 Å². The predicted octanol–water partition coefficient (Wildman–Crippen LogP) is 5.31. The maximum absolute atomic E-state index is 4.00. The predicted molar refractivity (Wildman–Crippen MR) is 134 cm³/mol. The van der Waals surface area contributed by atoms with Gasteiger partial charge in [-0.15, -0.1) is 0 Å². The van der Waals surface area contributed by atoms with E-state index < -0.39 is 0 Å². The molecule has 2 aliphatic carbocycles. The van der Waals surface area contributed by atoms with Gasteiger partial charge >= 0.3 is 0 Å². The lowest BCUT2D eigenvalue weighted by atomic mass is 10.0. The van der Waals surface area contributed by atoms with Gasteiger partial charge < -0.3 is 0 Å². The fourth-order valence-electron chi connectivity index (χ4n) is 5.16. The Labute approximate surface area is 189 Å². The molecule has 32 heavy (non-hydrogen) atoms. The summed E-state index contributed by atoms with van der Waals surface area (Å²) in [7, 11) is 0. The Kier molecular flexibility index (Phi) is 5.50. The number of rotatable bonds is 4. The summed E-state index contributed by atoms with van der Waals surface area (Å²) < 4.78 is 0. The van der Waals surface area contributed by atoms with Crippen molar-refractivity contribution in [3.05, 3.63) is 107 Å². The maximum Gasteiger partial charge on any atom is 0.0619 e. The molecule has 0 saturated carbocycles. The number of nitrogens with zero attached hydrogens (tertiary/aromatic N) is 1. The number of hydrogen-bond donors (Lipinski definition) is 3. The first-order valence-electron chi connectivity index (χ1n) is 11.1. The van der Waals surface area contributed by atoms with Crippen LogP contribution < -0.4 is 22.1 Å². The molecule has 5 N–H and O–H groups in total. The van der Waals surface area contributed by atoms with Crippen LogP contribution in [0.2, 0.25) is 0 Å². The van der Waals surface area contributed by atoms with Crippen LogP contribution in [0.15, 0.2) is 84.9 Å². The number of hydrogen-bond acceptors (Lipinski definition) is 4. The van der Waals surface area contributed by atoms with Crippen molar-refractivity contribution < 1.29 is 0 Å². The molecule has 0 atom stereocenters. The minimum Gasteiger partial charge on any atom is -0.276 e. The molecule has 4 aromatic rings. The van der Waals surface area contributed by atoms with Gasteiger partial charge in [-0.1, -0.05) is 79.7 Å². The zero-order valence-electron chi connectivity index (χ0n) is 18.3. The van der Waals surface area contributed by atoms with Crippen molar-refractivity contribution in [1.82, 2.24) is 5.43 Å². The van der Waals surface area contributed by atoms with Crippen molar-refractivity contribution >= 4 is 11.4 Å². The maximum atomic E-state index is 4.00. The lowest BCUT2D eigenvalue weighted by Gasteiger charge is -2.29. The lowest BCUT2D eigenvalue weighted by molar-refractivity contribution is 0.736. The van der Waals surface area contributed by atoms with Crippen LogP contribution in [-0.2, 0) is 12.8 Å². The molecule has 0 bridgehead atoms. The van der Waals surface area contributed by atoms with Gasteiger partial charge in [0.25, 0.3) is 0 Å². The molecule has 4 heteroatoms. The van der Waals surface area contributed by atoms with Gasteiger partial charge in [0.15, 0.2) is 0 Å². The zero-order valence-corrected chi connectivity index (χ0v) is 18.3. The molecule has 6 rings (SSSR count). The van der Waals surface area contributed by atoms with Gasteiger partial charge in [0, 0.05) is 19.4 Å². The minimum atomic E-state index is 0.868. The normalized spacial score (nSPS) is 12.2. The smallest absolute Gasteiger partial charge is 0.0619 e. The van der Waals surface area contributed by atoms with Crippen LogP contribution in [0.1, 0.15) is 29.2 Å². The summed E-state index contributed by atoms with van der Waals surface area (Å²) in [6.45, 7) is 3.04. The van der Waals surface area contributed by atoms with Gasteiger partial charge in [-0.25, -0.2) is 5.43 Å². The van der Waals surface area contributed by atoms with Gasteiger partial charge in [-0.05, 0) is 56.6 Å². The molecule has 4 aromatic carbocycles. The van der Waals surface area contributed by atoms with Crippen LogP contribution in [0.25, 0.3) is 22.3 Å². The molecule has 0 aromatic heterocycles. The van der Waals surface area contributed by atoms with E-state index in [1.165, 1.54) is 55.9 Å². The van der Waals surface area contributed by atoms with Gasteiger partial charge in [0.1, 0.15) is 0 Å². The largest absolute Gasteiger partial charge is 0.276 e. The summed E-state index contributed by atoms with van der Waals surface area (Å²) in [6, 6.07) is 31.0. The summed E-state index contributed by atoms with van der Waals surface area (Å²) in [4.78, 5) is 0. The first-order valence-corrected chi connectivity index (χ1v) is 11.1. The lowest BCUT2D eigenvalue weighted by Crippen LogP contribution is -2.35. The van der Waals surface area contributed by atoms with Crippen molar-refractivity contribution in [2.75, 3.05) is 11.6 Å². The summed E-state index contributed by atoms with van der Waals surface area (Å²) in [5, 5.41) is 2.33. The fourth-order valence-corrected chi connectivity index (χ4v) is 5.16. The van der Waals surface area contributed by atoms with Crippen LogP contribution in [0.4, 0.5) is 11.4 Å². The zero-order chi connectivity index (χ0) is 22.1. The molecular weight excluding hydrogens is 392 g/mol. The van der Waals surface area contributed by atoms with Crippen LogP contribution in [0.5, 0.6) is 0 Å². The minimum absolute atomic E-state index is 0.868. The van der Waals surface area contributed by atoms with E-state index in [0.717, 1.165) is 19.4 Å².